The van der Waals surface area contributed by atoms with Gasteiger partial charge in [0.05, 0.1) is 18.2 Å². The number of methoxy groups -OCH3 is 1. The molecule has 2 aliphatic rings. The standard InChI is InChI=1S/C22H21NO3/c1-26-17-12-11-15-7-2-5-14(19(15)13-17)6-3-8-16-9-4-10-18-20(16)22(25)23-21(18)24/h4-5,9-13H,2-3,6-8H2,1H3,(H,23,24,25). The quantitative estimate of drug-likeness (QED) is 0.834. The van der Waals surface area contributed by atoms with Gasteiger partial charge in [-0.15, -0.1) is 0 Å². The Morgan fingerprint density at radius 3 is 2.77 bits per heavy atom. The molecule has 0 unspecified atom stereocenters. The molecule has 0 fully saturated rings. The molecule has 26 heavy (non-hydrogen) atoms. The van der Waals surface area contributed by atoms with E-state index >= 15 is 0 Å². The molecule has 0 saturated carbocycles. The van der Waals surface area contributed by atoms with Gasteiger partial charge < -0.3 is 4.74 Å². The van der Waals surface area contributed by atoms with Crippen molar-refractivity contribution in [3.8, 4) is 5.75 Å². The van der Waals surface area contributed by atoms with Gasteiger partial charge in [0.1, 0.15) is 5.75 Å². The first-order valence-electron chi connectivity index (χ1n) is 9.01. The van der Waals surface area contributed by atoms with Crippen LogP contribution in [0.2, 0.25) is 0 Å². The Morgan fingerprint density at radius 2 is 1.92 bits per heavy atom. The average Bonchev–Trinajstić information content (AvgIpc) is 2.96. The maximum Gasteiger partial charge on any atom is 0.259 e. The van der Waals surface area contributed by atoms with Crippen LogP contribution in [0.1, 0.15) is 56.7 Å². The summed E-state index contributed by atoms with van der Waals surface area (Å²) in [7, 11) is 1.69. The second-order valence-electron chi connectivity index (χ2n) is 6.77. The summed E-state index contributed by atoms with van der Waals surface area (Å²) in [5.41, 5.74) is 6.00. The maximum atomic E-state index is 12.0. The van der Waals surface area contributed by atoms with Crippen LogP contribution >= 0.6 is 0 Å². The molecule has 4 rings (SSSR count). The van der Waals surface area contributed by atoms with Crippen LogP contribution in [-0.2, 0) is 12.8 Å². The summed E-state index contributed by atoms with van der Waals surface area (Å²) in [6, 6.07) is 11.8. The highest BCUT2D eigenvalue weighted by atomic mass is 16.5. The topological polar surface area (TPSA) is 55.4 Å². The molecule has 0 radical (unpaired) electrons. The minimum atomic E-state index is -0.289. The first-order chi connectivity index (χ1) is 12.7. The summed E-state index contributed by atoms with van der Waals surface area (Å²) in [6.07, 6.45) is 7.09. The van der Waals surface area contributed by atoms with Crippen LogP contribution in [0.5, 0.6) is 5.75 Å². The van der Waals surface area contributed by atoms with Crippen LogP contribution in [0.25, 0.3) is 5.57 Å². The molecular weight excluding hydrogens is 326 g/mol. The van der Waals surface area contributed by atoms with Crippen LogP contribution in [0.3, 0.4) is 0 Å². The highest BCUT2D eigenvalue weighted by Gasteiger charge is 2.28. The van der Waals surface area contributed by atoms with E-state index < -0.39 is 0 Å². The van der Waals surface area contributed by atoms with E-state index in [0.717, 1.165) is 43.4 Å². The van der Waals surface area contributed by atoms with Crippen molar-refractivity contribution in [2.24, 2.45) is 0 Å². The lowest BCUT2D eigenvalue weighted by Gasteiger charge is -2.19. The number of hydrogen-bond acceptors (Lipinski definition) is 3. The predicted octanol–water partition coefficient (Wildman–Crippen LogP) is 3.93. The van der Waals surface area contributed by atoms with Crippen LogP contribution in [0.15, 0.2) is 42.5 Å². The Labute approximate surface area is 152 Å². The lowest BCUT2D eigenvalue weighted by Crippen LogP contribution is -2.20. The molecule has 0 aromatic heterocycles. The fourth-order valence-electron chi connectivity index (χ4n) is 3.92. The lowest BCUT2D eigenvalue weighted by atomic mass is 9.87. The third-order valence-corrected chi connectivity index (χ3v) is 5.21. The molecule has 2 aromatic carbocycles. The van der Waals surface area contributed by atoms with E-state index in [-0.39, 0.29) is 11.8 Å². The smallest absolute Gasteiger partial charge is 0.259 e. The average molecular weight is 347 g/mol. The van der Waals surface area contributed by atoms with Crippen molar-refractivity contribution in [3.05, 3.63) is 70.3 Å². The Morgan fingerprint density at radius 1 is 1.04 bits per heavy atom. The van der Waals surface area contributed by atoms with E-state index in [1.807, 2.05) is 18.2 Å². The van der Waals surface area contributed by atoms with E-state index in [1.54, 1.807) is 13.2 Å². The first kappa shape index (κ1) is 16.6. The molecule has 1 heterocycles. The highest BCUT2D eigenvalue weighted by molar-refractivity contribution is 6.22. The van der Waals surface area contributed by atoms with Gasteiger partial charge in [0.25, 0.3) is 11.8 Å². The van der Waals surface area contributed by atoms with E-state index in [9.17, 15) is 9.59 Å². The molecule has 1 aliphatic carbocycles. The van der Waals surface area contributed by atoms with Crippen LogP contribution < -0.4 is 10.1 Å². The number of allylic oxidation sites excluding steroid dienone is 2. The SMILES string of the molecule is COc1ccc2c(c1)C(CCCc1cccc3c1C(=O)NC3=O)=CCC2. The van der Waals surface area contributed by atoms with E-state index in [0.29, 0.717) is 11.1 Å². The molecule has 2 amide bonds. The van der Waals surface area contributed by atoms with Gasteiger partial charge in [-0.05, 0) is 72.6 Å². The second kappa shape index (κ2) is 6.79. The zero-order valence-corrected chi connectivity index (χ0v) is 14.8. The molecule has 0 saturated heterocycles. The van der Waals surface area contributed by atoms with E-state index in [2.05, 4.69) is 23.5 Å². The molecule has 132 valence electrons. The normalized spacial score (nSPS) is 15.2. The number of carbonyl (C=O) groups is 2. The maximum absolute atomic E-state index is 12.0. The third kappa shape index (κ3) is 2.92. The number of carbonyl (C=O) groups excluding carboxylic acids is 2. The monoisotopic (exact) mass is 347 g/mol. The van der Waals surface area contributed by atoms with Crippen LogP contribution in [0.4, 0.5) is 0 Å². The van der Waals surface area contributed by atoms with Crippen molar-refractivity contribution < 1.29 is 14.3 Å². The zero-order valence-electron chi connectivity index (χ0n) is 14.8. The van der Waals surface area contributed by atoms with Crippen molar-refractivity contribution in [2.45, 2.75) is 32.1 Å². The van der Waals surface area contributed by atoms with Crippen molar-refractivity contribution in [2.75, 3.05) is 7.11 Å². The minimum absolute atomic E-state index is 0.271. The van der Waals surface area contributed by atoms with Gasteiger partial charge >= 0.3 is 0 Å². The van der Waals surface area contributed by atoms with Gasteiger partial charge in [-0.3, -0.25) is 14.9 Å². The van der Waals surface area contributed by atoms with Gasteiger partial charge in [-0.1, -0.05) is 24.3 Å². The van der Waals surface area contributed by atoms with Gasteiger partial charge in [-0.25, -0.2) is 0 Å². The molecule has 4 heteroatoms. The Hall–Kier alpha value is -2.88. The third-order valence-electron chi connectivity index (χ3n) is 5.21. The number of fused-ring (bicyclic) bond motifs is 2. The Bertz CT molecular complexity index is 927. The van der Waals surface area contributed by atoms with E-state index in [4.69, 9.17) is 4.74 Å². The Balaban J connectivity index is 1.50. The Kier molecular flexibility index (Phi) is 4.33. The van der Waals surface area contributed by atoms with Crippen molar-refractivity contribution >= 4 is 17.4 Å². The van der Waals surface area contributed by atoms with Crippen molar-refractivity contribution in [1.29, 1.82) is 0 Å². The fourth-order valence-corrected chi connectivity index (χ4v) is 3.92. The number of rotatable bonds is 5. The summed E-state index contributed by atoms with van der Waals surface area (Å²) < 4.78 is 5.37. The van der Waals surface area contributed by atoms with Gasteiger partial charge in [0.2, 0.25) is 0 Å². The molecule has 4 nitrogen and oxygen atoms in total. The molecule has 1 N–H and O–H groups in total. The molecule has 0 bridgehead atoms. The number of amides is 2. The first-order valence-corrected chi connectivity index (χ1v) is 9.01. The molecule has 1 aliphatic heterocycles. The highest BCUT2D eigenvalue weighted by Crippen LogP contribution is 2.33. The zero-order chi connectivity index (χ0) is 18.1. The molecular formula is C22H21NO3. The van der Waals surface area contributed by atoms with Gasteiger partial charge in [0, 0.05) is 0 Å². The van der Waals surface area contributed by atoms with Crippen molar-refractivity contribution in [3.63, 3.8) is 0 Å². The predicted molar refractivity (Wildman–Crippen MR) is 100 cm³/mol. The summed E-state index contributed by atoms with van der Waals surface area (Å²) in [4.78, 5) is 23.8. The van der Waals surface area contributed by atoms with Crippen LogP contribution in [0, 0.1) is 0 Å². The summed E-state index contributed by atoms with van der Waals surface area (Å²) in [6.45, 7) is 0. The largest absolute Gasteiger partial charge is 0.497 e. The molecule has 0 atom stereocenters. The van der Waals surface area contributed by atoms with Crippen molar-refractivity contribution in [1.82, 2.24) is 5.32 Å². The summed E-state index contributed by atoms with van der Waals surface area (Å²) in [5.74, 6) is 0.322. The summed E-state index contributed by atoms with van der Waals surface area (Å²) >= 11 is 0. The van der Waals surface area contributed by atoms with E-state index in [1.165, 1.54) is 16.7 Å². The minimum Gasteiger partial charge on any atom is -0.497 e. The summed E-state index contributed by atoms with van der Waals surface area (Å²) in [5, 5.41) is 2.38. The second-order valence-corrected chi connectivity index (χ2v) is 6.77. The number of benzene rings is 2. The fraction of sp³-hybridized carbons (Fsp3) is 0.273. The number of aryl methyl sites for hydroxylation is 2. The number of nitrogens with one attached hydrogen (secondary N) is 1. The number of ether oxygens (including phenoxy) is 1. The number of hydrogen-bond donors (Lipinski definition) is 1. The number of imide groups is 1. The van der Waals surface area contributed by atoms with Crippen LogP contribution in [-0.4, -0.2) is 18.9 Å². The van der Waals surface area contributed by atoms with Gasteiger partial charge in [0.15, 0.2) is 0 Å². The molecule has 0 spiro atoms. The molecule has 2 aromatic rings. The van der Waals surface area contributed by atoms with Gasteiger partial charge in [-0.2, -0.15) is 0 Å². The lowest BCUT2D eigenvalue weighted by molar-refractivity contribution is 0.0879.